The number of aromatic hydroxyl groups is 2. The van der Waals surface area contributed by atoms with Crippen LogP contribution in [0.25, 0.3) is 22.3 Å². The van der Waals surface area contributed by atoms with Crippen LogP contribution in [0.2, 0.25) is 0 Å². The van der Waals surface area contributed by atoms with Crippen LogP contribution in [0.15, 0.2) is 39.5 Å². The quantitative estimate of drug-likeness (QED) is 0.357. The van der Waals surface area contributed by atoms with E-state index >= 15 is 0 Å². The molecule has 2 aromatic carbocycles. The molecule has 1 aromatic heterocycles. The Morgan fingerprint density at radius 3 is 2.29 bits per heavy atom. The van der Waals surface area contributed by atoms with Crippen molar-refractivity contribution in [2.75, 3.05) is 14.2 Å². The Bertz CT molecular complexity index is 1270. The number of hydrogen-bond donors (Lipinski definition) is 5. The Balaban J connectivity index is 1.80. The highest BCUT2D eigenvalue weighted by atomic mass is 16.7. The average Bonchev–Trinajstić information content (AvgIpc) is 2.80. The fraction of sp³-hybridized carbons (Fsp3) is 0.348. The summed E-state index contributed by atoms with van der Waals surface area (Å²) in [6, 6.07) is 6.77. The van der Waals surface area contributed by atoms with Crippen LogP contribution in [-0.2, 0) is 4.74 Å². The van der Waals surface area contributed by atoms with Crippen LogP contribution in [0.3, 0.4) is 0 Å². The average molecular weight is 476 g/mol. The number of fused-ring (bicyclic) bond motifs is 1. The first-order valence-corrected chi connectivity index (χ1v) is 10.3. The van der Waals surface area contributed by atoms with Crippen LogP contribution in [0.1, 0.15) is 6.92 Å². The summed E-state index contributed by atoms with van der Waals surface area (Å²) >= 11 is 0. The SMILES string of the molecule is COc1ccc(-c2oc3cc(OC4OC(C)C(O)C(O)C4O)cc(O)c3c(=O)c2OC)cc1O. The molecule has 5 N–H and O–H groups in total. The first kappa shape index (κ1) is 23.6. The lowest BCUT2D eigenvalue weighted by molar-refractivity contribution is -0.268. The van der Waals surface area contributed by atoms with Gasteiger partial charge in [-0.1, -0.05) is 0 Å². The first-order chi connectivity index (χ1) is 16.2. The highest BCUT2D eigenvalue weighted by Gasteiger charge is 2.43. The molecule has 0 amide bonds. The van der Waals surface area contributed by atoms with Crippen molar-refractivity contribution in [3.63, 3.8) is 0 Å². The lowest BCUT2D eigenvalue weighted by atomic mass is 10.00. The Morgan fingerprint density at radius 1 is 0.912 bits per heavy atom. The minimum atomic E-state index is -1.58. The van der Waals surface area contributed by atoms with Gasteiger partial charge in [0.1, 0.15) is 40.8 Å². The Hall–Kier alpha value is -3.51. The molecule has 4 rings (SSSR count). The van der Waals surface area contributed by atoms with Gasteiger partial charge in [0.25, 0.3) is 0 Å². The summed E-state index contributed by atoms with van der Waals surface area (Å²) in [5.74, 6) is -0.715. The summed E-state index contributed by atoms with van der Waals surface area (Å²) in [4.78, 5) is 13.1. The van der Waals surface area contributed by atoms with E-state index in [1.807, 2.05) is 0 Å². The predicted octanol–water partition coefficient (Wildman–Crippen LogP) is 1.09. The van der Waals surface area contributed by atoms with Gasteiger partial charge >= 0.3 is 0 Å². The van der Waals surface area contributed by atoms with E-state index in [0.717, 1.165) is 6.07 Å². The third-order valence-corrected chi connectivity index (χ3v) is 5.61. The first-order valence-electron chi connectivity index (χ1n) is 10.3. The van der Waals surface area contributed by atoms with Crippen molar-refractivity contribution < 1.29 is 48.9 Å². The van der Waals surface area contributed by atoms with Crippen LogP contribution in [0.5, 0.6) is 28.7 Å². The molecule has 0 bridgehead atoms. The number of benzene rings is 2. The van der Waals surface area contributed by atoms with Crippen molar-refractivity contribution in [1.29, 1.82) is 0 Å². The number of methoxy groups -OCH3 is 2. The third-order valence-electron chi connectivity index (χ3n) is 5.61. The molecule has 3 aromatic rings. The zero-order valence-electron chi connectivity index (χ0n) is 18.5. The molecule has 1 saturated heterocycles. The molecule has 0 spiro atoms. The van der Waals surface area contributed by atoms with E-state index in [9.17, 15) is 30.3 Å². The summed E-state index contributed by atoms with van der Waals surface area (Å²) in [5, 5.41) is 50.5. The number of phenols is 2. The maximum absolute atomic E-state index is 13.1. The van der Waals surface area contributed by atoms with E-state index < -0.39 is 41.9 Å². The maximum atomic E-state index is 13.1. The predicted molar refractivity (Wildman–Crippen MR) is 117 cm³/mol. The third kappa shape index (κ3) is 3.99. The molecule has 5 unspecified atom stereocenters. The van der Waals surface area contributed by atoms with E-state index in [1.54, 1.807) is 6.07 Å². The molecule has 5 atom stereocenters. The van der Waals surface area contributed by atoms with Gasteiger partial charge in [-0.3, -0.25) is 4.79 Å². The smallest absolute Gasteiger partial charge is 0.239 e. The standard InChI is InChI=1S/C23H24O11/c1-9-17(26)19(28)20(29)23(32-9)33-11-7-13(25)16-15(8-11)34-21(22(31-3)18(16)27)10-4-5-14(30-2)12(24)6-10/h4-9,17,19-20,23-26,28-29H,1-3H3. The lowest BCUT2D eigenvalue weighted by Crippen LogP contribution is -2.58. The van der Waals surface area contributed by atoms with Crippen molar-refractivity contribution in [1.82, 2.24) is 0 Å². The highest BCUT2D eigenvalue weighted by Crippen LogP contribution is 2.39. The summed E-state index contributed by atoms with van der Waals surface area (Å²) < 4.78 is 27.1. The summed E-state index contributed by atoms with van der Waals surface area (Å²) in [6.07, 6.45) is -6.61. The molecule has 2 heterocycles. The van der Waals surface area contributed by atoms with Gasteiger partial charge in [-0.15, -0.1) is 0 Å². The topological polar surface area (TPSA) is 168 Å². The monoisotopic (exact) mass is 476 g/mol. The van der Waals surface area contributed by atoms with Gasteiger partial charge in [0.15, 0.2) is 17.3 Å². The van der Waals surface area contributed by atoms with Gasteiger partial charge in [-0.2, -0.15) is 0 Å². The van der Waals surface area contributed by atoms with Crippen LogP contribution < -0.4 is 19.6 Å². The van der Waals surface area contributed by atoms with Crippen LogP contribution in [0.4, 0.5) is 0 Å². The zero-order chi connectivity index (χ0) is 24.7. The second-order valence-corrected chi connectivity index (χ2v) is 7.79. The number of ether oxygens (including phenoxy) is 4. The van der Waals surface area contributed by atoms with Gasteiger partial charge in [-0.05, 0) is 25.1 Å². The molecule has 11 heteroatoms. The fourth-order valence-electron chi connectivity index (χ4n) is 3.78. The molecule has 11 nitrogen and oxygen atoms in total. The minimum absolute atomic E-state index is 0.0179. The van der Waals surface area contributed by atoms with Gasteiger partial charge in [0, 0.05) is 17.7 Å². The van der Waals surface area contributed by atoms with Crippen LogP contribution in [0, 0.1) is 0 Å². The van der Waals surface area contributed by atoms with Crippen molar-refractivity contribution in [2.45, 2.75) is 37.6 Å². The normalized spacial score (nSPS) is 24.7. The fourth-order valence-corrected chi connectivity index (χ4v) is 3.78. The van der Waals surface area contributed by atoms with Gasteiger partial charge in [0.05, 0.1) is 20.3 Å². The number of rotatable bonds is 5. The number of aliphatic hydroxyl groups excluding tert-OH is 3. The molecule has 0 aliphatic carbocycles. The minimum Gasteiger partial charge on any atom is -0.507 e. The molecule has 34 heavy (non-hydrogen) atoms. The van der Waals surface area contributed by atoms with Crippen LogP contribution in [-0.4, -0.2) is 70.5 Å². The lowest BCUT2D eigenvalue weighted by Gasteiger charge is -2.38. The van der Waals surface area contributed by atoms with E-state index in [4.69, 9.17) is 23.4 Å². The Kier molecular flexibility index (Phi) is 6.28. The molecule has 1 fully saturated rings. The molecule has 182 valence electrons. The molecule has 1 aliphatic heterocycles. The second-order valence-electron chi connectivity index (χ2n) is 7.79. The molecule has 0 saturated carbocycles. The van der Waals surface area contributed by atoms with E-state index in [0.29, 0.717) is 5.56 Å². The summed E-state index contributed by atoms with van der Waals surface area (Å²) in [5.41, 5.74) is -0.443. The van der Waals surface area contributed by atoms with Gasteiger partial charge in [-0.25, -0.2) is 0 Å². The number of phenolic OH excluding ortho intramolecular Hbond substituents is 2. The second kappa shape index (κ2) is 9.03. The van der Waals surface area contributed by atoms with E-state index in [1.165, 1.54) is 39.3 Å². The van der Waals surface area contributed by atoms with Gasteiger partial charge < -0.3 is 48.9 Å². The van der Waals surface area contributed by atoms with Gasteiger partial charge in [0.2, 0.25) is 17.5 Å². The molecular weight excluding hydrogens is 452 g/mol. The Morgan fingerprint density at radius 2 is 1.65 bits per heavy atom. The zero-order valence-corrected chi connectivity index (χ0v) is 18.5. The summed E-state index contributed by atoms with van der Waals surface area (Å²) in [6.45, 7) is 1.50. The van der Waals surface area contributed by atoms with Crippen molar-refractivity contribution in [3.8, 4) is 40.1 Å². The van der Waals surface area contributed by atoms with Crippen LogP contribution >= 0.6 is 0 Å². The number of hydrogen-bond acceptors (Lipinski definition) is 11. The van der Waals surface area contributed by atoms with Crippen molar-refractivity contribution >= 4 is 11.0 Å². The van der Waals surface area contributed by atoms with E-state index in [-0.39, 0.29) is 39.7 Å². The summed E-state index contributed by atoms with van der Waals surface area (Å²) in [7, 11) is 2.66. The van der Waals surface area contributed by atoms with Crippen molar-refractivity contribution in [2.24, 2.45) is 0 Å². The molecule has 0 radical (unpaired) electrons. The Labute approximate surface area is 192 Å². The number of aliphatic hydroxyl groups is 3. The molecular formula is C23H24O11. The largest absolute Gasteiger partial charge is 0.507 e. The highest BCUT2D eigenvalue weighted by molar-refractivity contribution is 5.88. The molecule has 1 aliphatic rings. The van der Waals surface area contributed by atoms with E-state index in [2.05, 4.69) is 0 Å². The van der Waals surface area contributed by atoms with Crippen molar-refractivity contribution in [3.05, 3.63) is 40.6 Å². The maximum Gasteiger partial charge on any atom is 0.239 e.